The molecular formula is C16H16INO2. The van der Waals surface area contributed by atoms with Crippen molar-refractivity contribution < 1.29 is 9.47 Å². The van der Waals surface area contributed by atoms with Crippen LogP contribution in [0, 0.1) is 3.57 Å². The van der Waals surface area contributed by atoms with Gasteiger partial charge in [0.25, 0.3) is 0 Å². The number of benzene rings is 2. The van der Waals surface area contributed by atoms with Crippen LogP contribution in [0.25, 0.3) is 0 Å². The molecule has 3 nitrogen and oxygen atoms in total. The van der Waals surface area contributed by atoms with Crippen molar-refractivity contribution in [1.82, 2.24) is 0 Å². The molecule has 0 saturated carbocycles. The third-order valence-corrected chi connectivity index (χ3v) is 4.08. The zero-order valence-corrected chi connectivity index (χ0v) is 13.2. The van der Waals surface area contributed by atoms with E-state index in [1.165, 1.54) is 9.13 Å². The molecule has 0 radical (unpaired) electrons. The van der Waals surface area contributed by atoms with Gasteiger partial charge >= 0.3 is 0 Å². The van der Waals surface area contributed by atoms with E-state index in [2.05, 4.69) is 46.9 Å². The maximum absolute atomic E-state index is 6.35. The van der Waals surface area contributed by atoms with Crippen molar-refractivity contribution in [2.45, 2.75) is 12.5 Å². The molecule has 0 fully saturated rings. The third-order valence-electron chi connectivity index (χ3n) is 3.37. The van der Waals surface area contributed by atoms with Crippen molar-refractivity contribution in [3.05, 3.63) is 57.2 Å². The first-order valence-corrected chi connectivity index (χ1v) is 7.70. The predicted molar refractivity (Wildman–Crippen MR) is 87.2 cm³/mol. The zero-order valence-electron chi connectivity index (χ0n) is 11.0. The first kappa shape index (κ1) is 13.7. The highest BCUT2D eigenvalue weighted by Crippen LogP contribution is 2.37. The summed E-state index contributed by atoms with van der Waals surface area (Å²) >= 11 is 2.30. The highest BCUT2D eigenvalue weighted by atomic mass is 127. The molecule has 1 atom stereocenters. The number of fused-ring (bicyclic) bond motifs is 1. The Morgan fingerprint density at radius 2 is 1.80 bits per heavy atom. The molecule has 2 N–H and O–H groups in total. The van der Waals surface area contributed by atoms with Crippen LogP contribution in [0.4, 0.5) is 0 Å². The molecule has 0 amide bonds. The summed E-state index contributed by atoms with van der Waals surface area (Å²) in [6.45, 7) is 1.18. The van der Waals surface area contributed by atoms with Crippen molar-refractivity contribution >= 4 is 22.6 Å². The highest BCUT2D eigenvalue weighted by Gasteiger charge is 2.19. The van der Waals surface area contributed by atoms with Gasteiger partial charge < -0.3 is 15.2 Å². The van der Waals surface area contributed by atoms with E-state index < -0.39 is 0 Å². The molecule has 0 saturated heterocycles. The summed E-state index contributed by atoms with van der Waals surface area (Å²) in [5.41, 5.74) is 8.60. The minimum atomic E-state index is -0.0910. The van der Waals surface area contributed by atoms with Crippen LogP contribution >= 0.6 is 22.6 Å². The summed E-state index contributed by atoms with van der Waals surface area (Å²) in [5, 5.41) is 0. The molecule has 0 spiro atoms. The Morgan fingerprint density at radius 3 is 2.60 bits per heavy atom. The van der Waals surface area contributed by atoms with E-state index in [0.29, 0.717) is 13.2 Å². The molecule has 104 valence electrons. The summed E-state index contributed by atoms with van der Waals surface area (Å²) < 4.78 is 12.6. The molecule has 0 bridgehead atoms. The first-order chi connectivity index (χ1) is 9.74. The van der Waals surface area contributed by atoms with E-state index in [0.717, 1.165) is 23.5 Å². The van der Waals surface area contributed by atoms with Gasteiger partial charge in [0, 0.05) is 15.2 Å². The Morgan fingerprint density at radius 1 is 1.05 bits per heavy atom. The van der Waals surface area contributed by atoms with Gasteiger partial charge in [0.05, 0.1) is 0 Å². The summed E-state index contributed by atoms with van der Waals surface area (Å²) in [7, 11) is 0. The van der Waals surface area contributed by atoms with Crippen LogP contribution < -0.4 is 15.2 Å². The van der Waals surface area contributed by atoms with E-state index in [4.69, 9.17) is 15.2 Å². The Balaban J connectivity index is 1.83. The number of nitrogens with two attached hydrogens (primary N) is 1. The minimum Gasteiger partial charge on any atom is -0.486 e. The van der Waals surface area contributed by atoms with Crippen molar-refractivity contribution in [1.29, 1.82) is 0 Å². The van der Waals surface area contributed by atoms with Gasteiger partial charge in [0.1, 0.15) is 13.2 Å². The Kier molecular flexibility index (Phi) is 4.12. The zero-order chi connectivity index (χ0) is 13.9. The van der Waals surface area contributed by atoms with Crippen molar-refractivity contribution in [2.24, 2.45) is 5.73 Å². The van der Waals surface area contributed by atoms with Gasteiger partial charge in [-0.25, -0.2) is 0 Å². The lowest BCUT2D eigenvalue weighted by atomic mass is 9.98. The van der Waals surface area contributed by atoms with E-state index in [-0.39, 0.29) is 6.04 Å². The van der Waals surface area contributed by atoms with Gasteiger partial charge in [-0.05, 0) is 52.8 Å². The molecule has 0 aliphatic carbocycles. The molecule has 1 aliphatic rings. The third kappa shape index (κ3) is 2.91. The largest absolute Gasteiger partial charge is 0.486 e. The molecule has 20 heavy (non-hydrogen) atoms. The topological polar surface area (TPSA) is 44.5 Å². The summed E-state index contributed by atoms with van der Waals surface area (Å²) in [5.74, 6) is 1.60. The normalized spacial score (nSPS) is 14.9. The van der Waals surface area contributed by atoms with Gasteiger partial charge in [0.15, 0.2) is 11.5 Å². The molecule has 1 heterocycles. The lowest BCUT2D eigenvalue weighted by Crippen LogP contribution is -2.20. The number of hydrogen-bond donors (Lipinski definition) is 1. The number of para-hydroxylation sites is 1. The molecule has 2 aromatic rings. The van der Waals surface area contributed by atoms with Crippen molar-refractivity contribution in [3.8, 4) is 11.5 Å². The second-order valence-corrected chi connectivity index (χ2v) is 6.05. The van der Waals surface area contributed by atoms with Crippen molar-refractivity contribution in [2.75, 3.05) is 13.2 Å². The molecule has 1 unspecified atom stereocenters. The molecular weight excluding hydrogens is 365 g/mol. The molecule has 3 rings (SSSR count). The highest BCUT2D eigenvalue weighted by molar-refractivity contribution is 14.1. The fourth-order valence-electron chi connectivity index (χ4n) is 2.37. The maximum Gasteiger partial charge on any atom is 0.166 e. The predicted octanol–water partition coefficient (Wildman–Crippen LogP) is 3.30. The Hall–Kier alpha value is -1.27. The lowest BCUT2D eigenvalue weighted by molar-refractivity contribution is 0.169. The number of halogens is 1. The van der Waals surface area contributed by atoms with E-state index in [9.17, 15) is 0 Å². The second kappa shape index (κ2) is 6.01. The van der Waals surface area contributed by atoms with Gasteiger partial charge in [0.2, 0.25) is 0 Å². The van der Waals surface area contributed by atoms with Crippen LogP contribution in [0.5, 0.6) is 11.5 Å². The Labute approximate surface area is 132 Å². The quantitative estimate of drug-likeness (QED) is 0.830. The smallest absolute Gasteiger partial charge is 0.166 e. The Bertz CT molecular complexity index is 598. The average Bonchev–Trinajstić information content (AvgIpc) is 2.49. The number of hydrogen-bond acceptors (Lipinski definition) is 3. The van der Waals surface area contributed by atoms with Gasteiger partial charge in [-0.3, -0.25) is 0 Å². The van der Waals surface area contributed by atoms with Gasteiger partial charge in [-0.2, -0.15) is 0 Å². The summed E-state index contributed by atoms with van der Waals surface area (Å²) in [4.78, 5) is 0. The van der Waals surface area contributed by atoms with Crippen LogP contribution in [-0.4, -0.2) is 13.2 Å². The van der Waals surface area contributed by atoms with Crippen LogP contribution in [-0.2, 0) is 6.42 Å². The van der Waals surface area contributed by atoms with Crippen LogP contribution in [0.3, 0.4) is 0 Å². The number of ether oxygens (including phenoxy) is 2. The fourth-order valence-corrected chi connectivity index (χ4v) is 2.73. The van der Waals surface area contributed by atoms with Gasteiger partial charge in [-0.1, -0.05) is 24.3 Å². The van der Waals surface area contributed by atoms with E-state index >= 15 is 0 Å². The second-order valence-electron chi connectivity index (χ2n) is 4.81. The van der Waals surface area contributed by atoms with Crippen LogP contribution in [0.15, 0.2) is 42.5 Å². The lowest BCUT2D eigenvalue weighted by Gasteiger charge is -2.23. The summed E-state index contributed by atoms with van der Waals surface area (Å²) in [6.07, 6.45) is 0.788. The standard InChI is InChI=1S/C16H16INO2/c17-12-6-4-11(5-7-12)10-14(18)13-2-1-3-15-16(13)20-9-8-19-15/h1-7,14H,8-10,18H2. The minimum absolute atomic E-state index is 0.0910. The molecule has 0 aromatic heterocycles. The SMILES string of the molecule is NC(Cc1ccc(I)cc1)c1cccc2c1OCCO2. The molecule has 1 aliphatic heterocycles. The van der Waals surface area contributed by atoms with E-state index in [1.807, 2.05) is 18.2 Å². The number of rotatable bonds is 3. The summed E-state index contributed by atoms with van der Waals surface area (Å²) in [6, 6.07) is 14.3. The monoisotopic (exact) mass is 381 g/mol. The van der Waals surface area contributed by atoms with E-state index in [1.54, 1.807) is 0 Å². The van der Waals surface area contributed by atoms with Gasteiger partial charge in [-0.15, -0.1) is 0 Å². The van der Waals surface area contributed by atoms with Crippen LogP contribution in [0.2, 0.25) is 0 Å². The first-order valence-electron chi connectivity index (χ1n) is 6.62. The molecule has 4 heteroatoms. The molecule has 2 aromatic carbocycles. The fraction of sp³-hybridized carbons (Fsp3) is 0.250. The van der Waals surface area contributed by atoms with Crippen LogP contribution in [0.1, 0.15) is 17.2 Å². The average molecular weight is 381 g/mol. The van der Waals surface area contributed by atoms with Crippen molar-refractivity contribution in [3.63, 3.8) is 0 Å². The maximum atomic E-state index is 6.35.